The van der Waals surface area contributed by atoms with Gasteiger partial charge in [-0.3, -0.25) is 4.79 Å². The molecular weight excluding hydrogens is 229 g/mol. The van der Waals surface area contributed by atoms with Crippen molar-refractivity contribution in [1.29, 1.82) is 0 Å². The third-order valence-electron chi connectivity index (χ3n) is 1.93. The van der Waals surface area contributed by atoms with Gasteiger partial charge in [-0.15, -0.1) is 11.8 Å². The Morgan fingerprint density at radius 3 is 2.94 bits per heavy atom. The summed E-state index contributed by atoms with van der Waals surface area (Å²) >= 11 is 1.29. The van der Waals surface area contributed by atoms with Crippen molar-refractivity contribution in [2.45, 2.75) is 12.7 Å². The number of nitrogens with two attached hydrogens (primary N) is 1. The van der Waals surface area contributed by atoms with Gasteiger partial charge in [0.05, 0.1) is 12.4 Å². The van der Waals surface area contributed by atoms with Crippen LogP contribution in [0.3, 0.4) is 0 Å². The molecule has 0 amide bonds. The number of ether oxygens (including phenoxy) is 1. The van der Waals surface area contributed by atoms with Gasteiger partial charge >= 0.3 is 5.97 Å². The first-order chi connectivity index (χ1) is 7.65. The molecule has 5 heteroatoms. The molecule has 2 N–H and O–H groups in total. The van der Waals surface area contributed by atoms with Gasteiger partial charge in [-0.2, -0.15) is 0 Å². The summed E-state index contributed by atoms with van der Waals surface area (Å²) in [5.74, 6) is -0.0439. The van der Waals surface area contributed by atoms with Crippen molar-refractivity contribution in [1.82, 2.24) is 0 Å². The fourth-order valence-electron chi connectivity index (χ4n) is 1.17. The van der Waals surface area contributed by atoms with Crippen molar-refractivity contribution in [2.24, 2.45) is 0 Å². The first-order valence-corrected chi connectivity index (χ1v) is 6.06. The fourth-order valence-corrected chi connectivity index (χ4v) is 2.03. The highest BCUT2D eigenvalue weighted by Crippen LogP contribution is 2.21. The number of thioether (sulfide) groups is 1. The van der Waals surface area contributed by atoms with Crippen LogP contribution in [0.25, 0.3) is 0 Å². The van der Waals surface area contributed by atoms with E-state index >= 15 is 0 Å². The second-order valence-electron chi connectivity index (χ2n) is 3.11. The number of hydrogen-bond donors (Lipinski definition) is 1. The second-order valence-corrected chi connectivity index (χ2v) is 4.09. The Kier molecular flexibility index (Phi) is 5.11. The molecule has 0 spiro atoms. The Morgan fingerprint density at radius 1 is 1.56 bits per heavy atom. The van der Waals surface area contributed by atoms with Gasteiger partial charge in [0.25, 0.3) is 0 Å². The summed E-state index contributed by atoms with van der Waals surface area (Å²) in [5, 5.41) is 0. The summed E-state index contributed by atoms with van der Waals surface area (Å²) in [6.07, 6.45) is 0. The number of halogens is 1. The van der Waals surface area contributed by atoms with E-state index in [4.69, 9.17) is 10.5 Å². The lowest BCUT2D eigenvalue weighted by molar-refractivity contribution is -0.139. The highest BCUT2D eigenvalue weighted by atomic mass is 32.2. The summed E-state index contributed by atoms with van der Waals surface area (Å²) in [6.45, 7) is 2.11. The molecule has 1 aromatic carbocycles. The van der Waals surface area contributed by atoms with Gasteiger partial charge in [0.15, 0.2) is 0 Å². The number of anilines is 1. The Bertz CT molecular complexity index is 351. The lowest BCUT2D eigenvalue weighted by atomic mass is 10.2. The van der Waals surface area contributed by atoms with E-state index in [1.807, 2.05) is 0 Å². The molecule has 0 saturated carbocycles. The third-order valence-corrected chi connectivity index (χ3v) is 2.86. The minimum Gasteiger partial charge on any atom is -0.465 e. The summed E-state index contributed by atoms with van der Waals surface area (Å²) < 4.78 is 18.1. The first-order valence-electron chi connectivity index (χ1n) is 4.91. The van der Waals surface area contributed by atoms with E-state index in [0.29, 0.717) is 23.6 Å². The van der Waals surface area contributed by atoms with Gasteiger partial charge in [0.2, 0.25) is 0 Å². The van der Waals surface area contributed by atoms with Crippen LogP contribution in [0.5, 0.6) is 0 Å². The van der Waals surface area contributed by atoms with E-state index in [1.165, 1.54) is 17.8 Å². The first kappa shape index (κ1) is 12.8. The fraction of sp³-hybridized carbons (Fsp3) is 0.364. The average molecular weight is 243 g/mol. The summed E-state index contributed by atoms with van der Waals surface area (Å²) in [7, 11) is 0. The molecule has 0 fully saturated rings. The number of nitrogen functional groups attached to an aromatic ring is 1. The third kappa shape index (κ3) is 3.73. The largest absolute Gasteiger partial charge is 0.465 e. The number of hydrogen-bond acceptors (Lipinski definition) is 4. The van der Waals surface area contributed by atoms with Crippen LogP contribution in [-0.4, -0.2) is 18.3 Å². The van der Waals surface area contributed by atoms with Crippen molar-refractivity contribution in [3.63, 3.8) is 0 Å². The minimum atomic E-state index is -0.337. The maximum absolute atomic E-state index is 13.3. The van der Waals surface area contributed by atoms with Crippen LogP contribution < -0.4 is 5.73 Å². The Balaban J connectivity index is 2.46. The lowest BCUT2D eigenvalue weighted by Gasteiger charge is -2.06. The van der Waals surface area contributed by atoms with E-state index in [0.717, 1.165) is 0 Å². The van der Waals surface area contributed by atoms with E-state index < -0.39 is 0 Å². The molecule has 88 valence electrons. The maximum Gasteiger partial charge on any atom is 0.315 e. The van der Waals surface area contributed by atoms with Crippen LogP contribution in [0.1, 0.15) is 12.5 Å². The van der Waals surface area contributed by atoms with E-state index in [2.05, 4.69) is 0 Å². The molecule has 0 saturated heterocycles. The van der Waals surface area contributed by atoms with Crippen LogP contribution in [-0.2, 0) is 15.3 Å². The topological polar surface area (TPSA) is 52.3 Å². The molecule has 16 heavy (non-hydrogen) atoms. The summed E-state index contributed by atoms with van der Waals surface area (Å²) in [5.41, 5.74) is 6.48. The average Bonchev–Trinajstić information content (AvgIpc) is 2.23. The predicted molar refractivity (Wildman–Crippen MR) is 63.6 cm³/mol. The maximum atomic E-state index is 13.3. The molecule has 0 bridgehead atoms. The molecule has 0 atom stereocenters. The Morgan fingerprint density at radius 2 is 2.31 bits per heavy atom. The van der Waals surface area contributed by atoms with Gasteiger partial charge in [-0.05, 0) is 19.1 Å². The van der Waals surface area contributed by atoms with Gasteiger partial charge in [-0.25, -0.2) is 4.39 Å². The number of esters is 1. The van der Waals surface area contributed by atoms with Crippen molar-refractivity contribution < 1.29 is 13.9 Å². The molecule has 0 radical (unpaired) electrons. The number of benzene rings is 1. The van der Waals surface area contributed by atoms with E-state index in [9.17, 15) is 9.18 Å². The van der Waals surface area contributed by atoms with E-state index in [-0.39, 0.29) is 17.5 Å². The second kappa shape index (κ2) is 6.37. The van der Waals surface area contributed by atoms with Gasteiger partial charge in [-0.1, -0.05) is 6.07 Å². The monoisotopic (exact) mass is 243 g/mol. The zero-order chi connectivity index (χ0) is 12.0. The number of carbonyl (C=O) groups is 1. The van der Waals surface area contributed by atoms with Crippen molar-refractivity contribution in [2.75, 3.05) is 18.1 Å². The van der Waals surface area contributed by atoms with Crippen molar-refractivity contribution >= 4 is 23.4 Å². The molecule has 0 aliphatic rings. The molecular formula is C11H14FNO2S. The Labute approximate surface area is 98.2 Å². The molecule has 0 aliphatic carbocycles. The van der Waals surface area contributed by atoms with Gasteiger partial charge in [0, 0.05) is 17.0 Å². The molecule has 0 heterocycles. The smallest absolute Gasteiger partial charge is 0.315 e. The summed E-state index contributed by atoms with van der Waals surface area (Å²) in [6, 6.07) is 4.56. The highest BCUT2D eigenvalue weighted by molar-refractivity contribution is 7.99. The zero-order valence-electron chi connectivity index (χ0n) is 9.03. The van der Waals surface area contributed by atoms with Crippen molar-refractivity contribution in [3.05, 3.63) is 29.6 Å². The zero-order valence-corrected chi connectivity index (χ0v) is 9.85. The highest BCUT2D eigenvalue weighted by Gasteiger charge is 2.08. The van der Waals surface area contributed by atoms with E-state index in [1.54, 1.807) is 19.1 Å². The Hall–Kier alpha value is -1.23. The number of carbonyl (C=O) groups excluding carboxylic acids is 1. The molecule has 1 rings (SSSR count). The van der Waals surface area contributed by atoms with Crippen LogP contribution >= 0.6 is 11.8 Å². The normalized spacial score (nSPS) is 10.1. The molecule has 1 aromatic rings. The van der Waals surface area contributed by atoms with Crippen LogP contribution in [0.15, 0.2) is 18.2 Å². The predicted octanol–water partition coefficient (Wildman–Crippen LogP) is 2.20. The van der Waals surface area contributed by atoms with Crippen LogP contribution in [0.2, 0.25) is 0 Å². The number of rotatable bonds is 5. The quantitative estimate of drug-likeness (QED) is 0.636. The van der Waals surface area contributed by atoms with Crippen LogP contribution in [0, 0.1) is 5.82 Å². The minimum absolute atomic E-state index is 0.210. The lowest BCUT2D eigenvalue weighted by Crippen LogP contribution is -2.07. The standard InChI is InChI=1S/C11H14FNO2S/c1-2-15-11(14)7-16-6-8-9(12)4-3-5-10(8)13/h3-5H,2,6-7,13H2,1H3. The molecule has 0 aliphatic heterocycles. The van der Waals surface area contributed by atoms with Gasteiger partial charge in [0.1, 0.15) is 5.82 Å². The summed E-state index contributed by atoms with van der Waals surface area (Å²) in [4.78, 5) is 11.0. The molecule has 3 nitrogen and oxygen atoms in total. The SMILES string of the molecule is CCOC(=O)CSCc1c(N)cccc1F. The van der Waals surface area contributed by atoms with Crippen LogP contribution in [0.4, 0.5) is 10.1 Å². The van der Waals surface area contributed by atoms with Gasteiger partial charge < -0.3 is 10.5 Å². The molecule has 0 aromatic heterocycles. The molecule has 0 unspecified atom stereocenters. The van der Waals surface area contributed by atoms with Crippen molar-refractivity contribution in [3.8, 4) is 0 Å².